The van der Waals surface area contributed by atoms with Gasteiger partial charge in [0.15, 0.2) is 0 Å². The van der Waals surface area contributed by atoms with Gasteiger partial charge in [-0.15, -0.1) is 11.3 Å². The molecule has 1 aromatic heterocycles. The lowest BCUT2D eigenvalue weighted by Gasteiger charge is -2.35. The van der Waals surface area contributed by atoms with E-state index < -0.39 is 0 Å². The fourth-order valence-corrected chi connectivity index (χ4v) is 4.87. The van der Waals surface area contributed by atoms with Gasteiger partial charge in [-0.25, -0.2) is 4.79 Å². The lowest BCUT2D eigenvalue weighted by atomic mass is 9.75. The molecule has 1 aliphatic carbocycles. The molecule has 0 aromatic carbocycles. The fraction of sp³-hybridized carbons (Fsp3) is 0.632. The van der Waals surface area contributed by atoms with E-state index in [1.165, 1.54) is 49.7 Å². The average molecular weight is 333 g/mol. The van der Waals surface area contributed by atoms with Crippen molar-refractivity contribution in [3.05, 3.63) is 27.5 Å². The van der Waals surface area contributed by atoms with Crippen LogP contribution in [0.25, 0.3) is 5.57 Å². The summed E-state index contributed by atoms with van der Waals surface area (Å²) in [5.74, 6) is 1.38. The zero-order chi connectivity index (χ0) is 16.4. The van der Waals surface area contributed by atoms with Crippen molar-refractivity contribution >= 4 is 22.9 Å². The summed E-state index contributed by atoms with van der Waals surface area (Å²) < 4.78 is 4.98. The third kappa shape index (κ3) is 3.53. The van der Waals surface area contributed by atoms with E-state index in [-0.39, 0.29) is 5.97 Å². The minimum atomic E-state index is -0.202. The molecular weight excluding hydrogens is 306 g/mol. The summed E-state index contributed by atoms with van der Waals surface area (Å²) in [4.78, 5) is 15.2. The van der Waals surface area contributed by atoms with Gasteiger partial charge in [0.05, 0.1) is 7.11 Å². The molecule has 1 aromatic rings. The summed E-state index contributed by atoms with van der Waals surface area (Å²) in [5.41, 5.74) is 4.11. The molecule has 23 heavy (non-hydrogen) atoms. The summed E-state index contributed by atoms with van der Waals surface area (Å²) in [7, 11) is 3.64. The number of likely N-dealkylation sites (N-methyl/N-ethyl adjacent to an activating group) is 1. The second kappa shape index (κ2) is 7.18. The zero-order valence-electron chi connectivity index (χ0n) is 14.4. The molecule has 4 heteroatoms. The Hall–Kier alpha value is -1.13. The number of ether oxygens (including phenoxy) is 1. The number of methoxy groups -OCH3 is 1. The van der Waals surface area contributed by atoms with Crippen LogP contribution in [0, 0.1) is 11.8 Å². The van der Waals surface area contributed by atoms with Crippen LogP contribution in [0.4, 0.5) is 0 Å². The molecule has 2 heterocycles. The van der Waals surface area contributed by atoms with Crippen molar-refractivity contribution in [2.24, 2.45) is 11.8 Å². The Morgan fingerprint density at radius 2 is 2.04 bits per heavy atom. The first-order valence-corrected chi connectivity index (χ1v) is 9.54. The van der Waals surface area contributed by atoms with Gasteiger partial charge in [-0.05, 0) is 55.2 Å². The Morgan fingerprint density at radius 3 is 2.74 bits per heavy atom. The number of esters is 1. The van der Waals surface area contributed by atoms with Crippen LogP contribution in [0.5, 0.6) is 0 Å². The van der Waals surface area contributed by atoms with Gasteiger partial charge in [-0.3, -0.25) is 0 Å². The van der Waals surface area contributed by atoms with E-state index in [1.807, 2.05) is 5.38 Å². The standard InChI is InChI=1S/C19H27NO2S/c1-13-4-6-14(7-5-13)15-8-10-20(2)12-17(15)16-9-11-23-18(16)19(21)22-3/h9,11,13-14H,4-8,10,12H2,1-3H3. The Kier molecular flexibility index (Phi) is 5.22. The summed E-state index contributed by atoms with van der Waals surface area (Å²) in [5, 5.41) is 2.02. The molecule has 0 amide bonds. The number of nitrogens with zero attached hydrogens (tertiary/aromatic N) is 1. The quantitative estimate of drug-likeness (QED) is 0.765. The maximum atomic E-state index is 12.1. The largest absolute Gasteiger partial charge is 0.465 e. The molecule has 0 bridgehead atoms. The average Bonchev–Trinajstić information content (AvgIpc) is 3.04. The van der Waals surface area contributed by atoms with Crippen LogP contribution in [0.15, 0.2) is 17.0 Å². The predicted octanol–water partition coefficient (Wildman–Crippen LogP) is 4.45. The second-order valence-electron chi connectivity index (χ2n) is 7.10. The zero-order valence-corrected chi connectivity index (χ0v) is 15.2. The molecular formula is C19H27NO2S. The van der Waals surface area contributed by atoms with Crippen LogP contribution in [-0.4, -0.2) is 38.1 Å². The molecule has 1 aliphatic heterocycles. The maximum Gasteiger partial charge on any atom is 0.348 e. The van der Waals surface area contributed by atoms with E-state index in [2.05, 4.69) is 24.9 Å². The molecule has 126 valence electrons. The van der Waals surface area contributed by atoms with Gasteiger partial charge >= 0.3 is 5.97 Å². The van der Waals surface area contributed by atoms with Crippen molar-refractivity contribution in [3.8, 4) is 0 Å². The lowest BCUT2D eigenvalue weighted by Crippen LogP contribution is -2.30. The van der Waals surface area contributed by atoms with E-state index in [1.54, 1.807) is 5.57 Å². The van der Waals surface area contributed by atoms with E-state index in [0.717, 1.165) is 35.9 Å². The highest BCUT2D eigenvalue weighted by atomic mass is 32.1. The maximum absolute atomic E-state index is 12.1. The van der Waals surface area contributed by atoms with Crippen molar-refractivity contribution in [2.45, 2.75) is 39.0 Å². The SMILES string of the molecule is COC(=O)c1sccc1C1=C(C2CCC(C)CC2)CCN(C)C1. The molecule has 1 saturated carbocycles. The van der Waals surface area contributed by atoms with Crippen LogP contribution in [0.2, 0.25) is 0 Å². The van der Waals surface area contributed by atoms with Gasteiger partial charge in [-0.1, -0.05) is 25.3 Å². The number of carbonyl (C=O) groups is 1. The molecule has 0 atom stereocenters. The first-order chi connectivity index (χ1) is 11.1. The van der Waals surface area contributed by atoms with E-state index in [0.29, 0.717) is 5.92 Å². The molecule has 1 fully saturated rings. The first-order valence-electron chi connectivity index (χ1n) is 8.66. The second-order valence-corrected chi connectivity index (χ2v) is 8.02. The number of carbonyl (C=O) groups excluding carboxylic acids is 1. The number of thiophene rings is 1. The fourth-order valence-electron chi connectivity index (χ4n) is 4.03. The van der Waals surface area contributed by atoms with Crippen LogP contribution in [0.1, 0.15) is 54.3 Å². The third-order valence-electron chi connectivity index (χ3n) is 5.45. The number of rotatable bonds is 3. The first kappa shape index (κ1) is 16.7. The molecule has 2 aliphatic rings. The van der Waals surface area contributed by atoms with Gasteiger partial charge < -0.3 is 9.64 Å². The number of hydrogen-bond donors (Lipinski definition) is 0. The van der Waals surface area contributed by atoms with Gasteiger partial charge in [0.2, 0.25) is 0 Å². The van der Waals surface area contributed by atoms with Gasteiger partial charge in [0.1, 0.15) is 4.88 Å². The van der Waals surface area contributed by atoms with Crippen LogP contribution >= 0.6 is 11.3 Å². The summed E-state index contributed by atoms with van der Waals surface area (Å²) >= 11 is 1.50. The van der Waals surface area contributed by atoms with Crippen LogP contribution < -0.4 is 0 Å². The molecule has 0 unspecified atom stereocenters. The smallest absolute Gasteiger partial charge is 0.348 e. The monoisotopic (exact) mass is 333 g/mol. The predicted molar refractivity (Wildman–Crippen MR) is 95.8 cm³/mol. The van der Waals surface area contributed by atoms with Crippen molar-refractivity contribution < 1.29 is 9.53 Å². The summed E-state index contributed by atoms with van der Waals surface area (Å²) in [6.45, 7) is 4.44. The van der Waals surface area contributed by atoms with Crippen molar-refractivity contribution in [3.63, 3.8) is 0 Å². The Balaban J connectivity index is 1.97. The van der Waals surface area contributed by atoms with Crippen molar-refractivity contribution in [2.75, 3.05) is 27.2 Å². The Labute approximate surface area is 143 Å². The Bertz CT molecular complexity index is 596. The molecule has 0 N–H and O–H groups in total. The normalized spacial score (nSPS) is 26.4. The van der Waals surface area contributed by atoms with E-state index >= 15 is 0 Å². The highest BCUT2D eigenvalue weighted by Crippen LogP contribution is 2.41. The summed E-state index contributed by atoms with van der Waals surface area (Å²) in [6, 6.07) is 2.11. The molecule has 0 saturated heterocycles. The lowest BCUT2D eigenvalue weighted by molar-refractivity contribution is 0.0606. The van der Waals surface area contributed by atoms with Crippen molar-refractivity contribution in [1.29, 1.82) is 0 Å². The highest BCUT2D eigenvalue weighted by Gasteiger charge is 2.29. The van der Waals surface area contributed by atoms with Gasteiger partial charge in [0, 0.05) is 18.7 Å². The minimum absolute atomic E-state index is 0.202. The Morgan fingerprint density at radius 1 is 1.30 bits per heavy atom. The van der Waals surface area contributed by atoms with Gasteiger partial charge in [0.25, 0.3) is 0 Å². The van der Waals surface area contributed by atoms with E-state index in [4.69, 9.17) is 4.74 Å². The van der Waals surface area contributed by atoms with E-state index in [9.17, 15) is 4.79 Å². The molecule has 3 rings (SSSR count). The molecule has 3 nitrogen and oxygen atoms in total. The van der Waals surface area contributed by atoms with Crippen molar-refractivity contribution in [1.82, 2.24) is 4.90 Å². The number of hydrogen-bond acceptors (Lipinski definition) is 4. The third-order valence-corrected chi connectivity index (χ3v) is 6.34. The molecule has 0 spiro atoms. The minimum Gasteiger partial charge on any atom is -0.465 e. The van der Waals surface area contributed by atoms with Crippen LogP contribution in [-0.2, 0) is 4.74 Å². The highest BCUT2D eigenvalue weighted by molar-refractivity contribution is 7.12. The van der Waals surface area contributed by atoms with Gasteiger partial charge in [-0.2, -0.15) is 0 Å². The topological polar surface area (TPSA) is 29.5 Å². The van der Waals surface area contributed by atoms with Crippen LogP contribution in [0.3, 0.4) is 0 Å². The summed E-state index contributed by atoms with van der Waals surface area (Å²) in [6.07, 6.45) is 6.43. The molecule has 0 radical (unpaired) electrons.